The molecule has 3 N–H and O–H groups in total. The van der Waals surface area contributed by atoms with Crippen LogP contribution in [0.1, 0.15) is 22.7 Å². The quantitative estimate of drug-likeness (QED) is 0.275. The molecule has 0 saturated carbocycles. The van der Waals surface area contributed by atoms with Crippen LogP contribution in [-0.4, -0.2) is 58.5 Å². The zero-order valence-corrected chi connectivity index (χ0v) is 22.4. The van der Waals surface area contributed by atoms with E-state index in [2.05, 4.69) is 43.7 Å². The minimum Gasteiger partial charge on any atom is -0.508 e. The first kappa shape index (κ1) is 26.3. The summed E-state index contributed by atoms with van der Waals surface area (Å²) in [7, 11) is 0. The number of aromatic hydroxyl groups is 1. The van der Waals surface area contributed by atoms with Crippen molar-refractivity contribution in [1.82, 2.24) is 20.2 Å². The zero-order chi connectivity index (χ0) is 27.2. The number of carbonyl (C=O) groups is 2. The number of hydrogen-bond donors (Lipinski definition) is 3. The highest BCUT2D eigenvalue weighted by atomic mass is 32.1. The minimum absolute atomic E-state index is 0.0625. The fourth-order valence-electron chi connectivity index (χ4n) is 4.72. The summed E-state index contributed by atoms with van der Waals surface area (Å²) in [6.07, 6.45) is 4.12. The van der Waals surface area contributed by atoms with Crippen LogP contribution in [0.15, 0.2) is 72.4 Å². The third kappa shape index (κ3) is 6.08. The number of benzene rings is 2. The molecule has 4 aromatic rings. The zero-order valence-electron chi connectivity index (χ0n) is 21.6. The van der Waals surface area contributed by atoms with Gasteiger partial charge in [0, 0.05) is 61.6 Å². The van der Waals surface area contributed by atoms with E-state index in [-0.39, 0.29) is 12.3 Å². The molecule has 1 atom stereocenters. The lowest BCUT2D eigenvalue weighted by Crippen LogP contribution is -2.43. The molecule has 10 heteroatoms. The average Bonchev–Trinajstić information content (AvgIpc) is 3.48. The van der Waals surface area contributed by atoms with Gasteiger partial charge in [0.1, 0.15) is 17.6 Å². The fraction of sp³-hybridized carbons (Fsp3) is 0.241. The van der Waals surface area contributed by atoms with E-state index < -0.39 is 11.9 Å². The van der Waals surface area contributed by atoms with Gasteiger partial charge in [-0.05, 0) is 41.8 Å². The Labute approximate surface area is 231 Å². The number of phenolic OH excluding ortho intramolecular Hbond substituents is 1. The first-order valence-electron chi connectivity index (χ1n) is 12.7. The standard InChI is InChI=1S/C29H30N6O3S/c1-20-16-21(22-8-9-26(32-17-22)34-13-10-30-11-14-34)6-7-23(20)18-35(19-36)27(24-4-2-3-5-25(24)37)28(38)33-29-31-12-15-39-29/h2-9,12,15-17,19,27,30,37H,10-11,13-14,18H2,1H3,(H,31,33,38). The summed E-state index contributed by atoms with van der Waals surface area (Å²) in [5, 5.41) is 18.8. The number of nitrogens with zero attached hydrogens (tertiary/aromatic N) is 4. The predicted molar refractivity (Wildman–Crippen MR) is 153 cm³/mol. The number of amides is 2. The lowest BCUT2D eigenvalue weighted by molar-refractivity contribution is -0.130. The number of phenols is 1. The minimum atomic E-state index is -1.05. The highest BCUT2D eigenvalue weighted by molar-refractivity contribution is 7.13. The van der Waals surface area contributed by atoms with Crippen molar-refractivity contribution in [2.45, 2.75) is 19.5 Å². The molecule has 1 fully saturated rings. The van der Waals surface area contributed by atoms with Gasteiger partial charge in [0.25, 0.3) is 5.91 Å². The number of aryl methyl sites for hydroxylation is 1. The van der Waals surface area contributed by atoms with Crippen LogP contribution in [0.2, 0.25) is 0 Å². The topological polar surface area (TPSA) is 111 Å². The predicted octanol–water partition coefficient (Wildman–Crippen LogP) is 3.97. The van der Waals surface area contributed by atoms with Gasteiger partial charge in [0.2, 0.25) is 6.41 Å². The summed E-state index contributed by atoms with van der Waals surface area (Å²) >= 11 is 1.28. The Kier molecular flexibility index (Phi) is 8.14. The first-order chi connectivity index (χ1) is 19.0. The summed E-state index contributed by atoms with van der Waals surface area (Å²) in [4.78, 5) is 38.1. The second-order valence-corrected chi connectivity index (χ2v) is 10.2. The number of rotatable bonds is 9. The summed E-state index contributed by atoms with van der Waals surface area (Å²) in [5.74, 6) is 0.456. The van der Waals surface area contributed by atoms with Crippen molar-refractivity contribution in [3.63, 3.8) is 0 Å². The van der Waals surface area contributed by atoms with Crippen LogP contribution in [0.3, 0.4) is 0 Å². The monoisotopic (exact) mass is 542 g/mol. The molecule has 0 bridgehead atoms. The van der Waals surface area contributed by atoms with E-state index in [4.69, 9.17) is 0 Å². The van der Waals surface area contributed by atoms with Gasteiger partial charge in [-0.15, -0.1) is 11.3 Å². The maximum atomic E-state index is 13.3. The average molecular weight is 543 g/mol. The summed E-state index contributed by atoms with van der Waals surface area (Å²) < 4.78 is 0. The van der Waals surface area contributed by atoms with Crippen molar-refractivity contribution in [3.05, 3.63) is 89.1 Å². The van der Waals surface area contributed by atoms with Gasteiger partial charge in [0.05, 0.1) is 0 Å². The number of carbonyl (C=O) groups excluding carboxylic acids is 2. The van der Waals surface area contributed by atoms with Crippen LogP contribution in [0.25, 0.3) is 11.1 Å². The smallest absolute Gasteiger partial charge is 0.253 e. The van der Waals surface area contributed by atoms with Crippen LogP contribution >= 0.6 is 11.3 Å². The van der Waals surface area contributed by atoms with Gasteiger partial charge in [0.15, 0.2) is 5.13 Å². The van der Waals surface area contributed by atoms with Crippen molar-refractivity contribution in [3.8, 4) is 16.9 Å². The molecule has 5 rings (SSSR count). The van der Waals surface area contributed by atoms with Crippen LogP contribution in [-0.2, 0) is 16.1 Å². The number of pyridine rings is 1. The maximum absolute atomic E-state index is 13.3. The number of para-hydroxylation sites is 1. The largest absolute Gasteiger partial charge is 0.508 e. The third-order valence-corrected chi connectivity index (χ3v) is 7.52. The van der Waals surface area contributed by atoms with E-state index in [0.29, 0.717) is 17.1 Å². The molecule has 0 aliphatic carbocycles. The highest BCUT2D eigenvalue weighted by Gasteiger charge is 2.30. The SMILES string of the molecule is Cc1cc(-c2ccc(N3CCNCC3)nc2)ccc1CN(C=O)C(C(=O)Nc1nccs1)c1ccccc1O. The number of hydrogen-bond acceptors (Lipinski definition) is 8. The van der Waals surface area contributed by atoms with Gasteiger partial charge >= 0.3 is 0 Å². The molecule has 200 valence electrons. The van der Waals surface area contributed by atoms with Crippen molar-refractivity contribution in [1.29, 1.82) is 0 Å². The third-order valence-electron chi connectivity index (χ3n) is 6.83. The Bertz CT molecular complexity index is 1420. The number of piperazine rings is 1. The maximum Gasteiger partial charge on any atom is 0.253 e. The van der Waals surface area contributed by atoms with Crippen LogP contribution < -0.4 is 15.5 Å². The summed E-state index contributed by atoms with van der Waals surface area (Å²) in [6, 6.07) is 15.6. The Balaban J connectivity index is 1.37. The van der Waals surface area contributed by atoms with Gasteiger partial charge in [-0.1, -0.05) is 36.4 Å². The van der Waals surface area contributed by atoms with E-state index in [1.807, 2.05) is 25.3 Å². The molecule has 1 aliphatic rings. The molecular formula is C29H30N6O3S. The van der Waals surface area contributed by atoms with Crippen molar-refractivity contribution in [2.75, 3.05) is 36.4 Å². The van der Waals surface area contributed by atoms with E-state index >= 15 is 0 Å². The lowest BCUT2D eigenvalue weighted by Gasteiger charge is -2.29. The Morgan fingerprint density at radius 3 is 2.62 bits per heavy atom. The van der Waals surface area contributed by atoms with Gasteiger partial charge in [-0.3, -0.25) is 14.9 Å². The molecule has 0 radical (unpaired) electrons. The van der Waals surface area contributed by atoms with Crippen LogP contribution in [0.5, 0.6) is 5.75 Å². The Hall–Kier alpha value is -4.28. The molecule has 39 heavy (non-hydrogen) atoms. The highest BCUT2D eigenvalue weighted by Crippen LogP contribution is 2.32. The number of aromatic nitrogens is 2. The molecule has 0 spiro atoms. The molecule has 1 aliphatic heterocycles. The summed E-state index contributed by atoms with van der Waals surface area (Å²) in [6.45, 7) is 5.96. The molecule has 3 heterocycles. The Morgan fingerprint density at radius 1 is 1.15 bits per heavy atom. The number of anilines is 2. The lowest BCUT2D eigenvalue weighted by atomic mass is 9.99. The van der Waals surface area contributed by atoms with Crippen molar-refractivity contribution < 1.29 is 14.7 Å². The second-order valence-electron chi connectivity index (χ2n) is 9.35. The molecule has 1 saturated heterocycles. The van der Waals surface area contributed by atoms with E-state index in [0.717, 1.165) is 54.3 Å². The molecular weight excluding hydrogens is 512 g/mol. The van der Waals surface area contributed by atoms with E-state index in [1.165, 1.54) is 22.3 Å². The summed E-state index contributed by atoms with van der Waals surface area (Å²) in [5.41, 5.74) is 4.22. The second kappa shape index (κ2) is 12.1. The van der Waals surface area contributed by atoms with Crippen molar-refractivity contribution >= 4 is 34.6 Å². The number of nitrogens with one attached hydrogen (secondary N) is 2. The first-order valence-corrected chi connectivity index (χ1v) is 13.6. The molecule has 9 nitrogen and oxygen atoms in total. The normalized spacial score (nSPS) is 14.0. The van der Waals surface area contributed by atoms with Crippen LogP contribution in [0.4, 0.5) is 10.9 Å². The number of thiazole rings is 1. The van der Waals surface area contributed by atoms with Gasteiger partial charge in [-0.25, -0.2) is 9.97 Å². The molecule has 2 amide bonds. The van der Waals surface area contributed by atoms with Crippen molar-refractivity contribution in [2.24, 2.45) is 0 Å². The van der Waals surface area contributed by atoms with E-state index in [9.17, 15) is 14.7 Å². The molecule has 2 aromatic carbocycles. The fourth-order valence-corrected chi connectivity index (χ4v) is 5.26. The van der Waals surface area contributed by atoms with Gasteiger partial charge < -0.3 is 20.2 Å². The molecule has 1 unspecified atom stereocenters. The van der Waals surface area contributed by atoms with E-state index in [1.54, 1.807) is 29.8 Å². The van der Waals surface area contributed by atoms with Gasteiger partial charge in [-0.2, -0.15) is 0 Å². The Morgan fingerprint density at radius 2 is 1.95 bits per heavy atom. The van der Waals surface area contributed by atoms with Crippen LogP contribution in [0, 0.1) is 6.92 Å². The molecule has 2 aromatic heterocycles.